The van der Waals surface area contributed by atoms with Crippen LogP contribution in [-0.2, 0) is 20.0 Å². The first-order chi connectivity index (χ1) is 9.04. The largest absolute Gasteiger partial charge is 0.337 e. The van der Waals surface area contributed by atoms with Crippen molar-refractivity contribution in [2.75, 3.05) is 0 Å². The first-order valence-electron chi connectivity index (χ1n) is 6.02. The first kappa shape index (κ1) is 13.6. The zero-order chi connectivity index (χ0) is 14.0. The fraction of sp³-hybridized carbons (Fsp3) is 0.417. The summed E-state index contributed by atoms with van der Waals surface area (Å²) >= 11 is 5.91. The Morgan fingerprint density at radius 1 is 1.42 bits per heavy atom. The number of nitrogens with zero attached hydrogens (tertiary/aromatic N) is 3. The molecule has 0 aliphatic heterocycles. The highest BCUT2D eigenvalue weighted by molar-refractivity contribution is 6.30. The Kier molecular flexibility index (Phi) is 3.90. The Morgan fingerprint density at radius 2 is 2.16 bits per heavy atom. The summed E-state index contributed by atoms with van der Waals surface area (Å²) in [4.78, 5) is 30.7. The van der Waals surface area contributed by atoms with Gasteiger partial charge in [-0.25, -0.2) is 9.78 Å². The van der Waals surface area contributed by atoms with Crippen molar-refractivity contribution in [1.82, 2.24) is 19.1 Å². The van der Waals surface area contributed by atoms with Crippen LogP contribution in [0.25, 0.3) is 0 Å². The molecular formula is C12H15ClN4O2. The number of hydrogen-bond donors (Lipinski definition) is 1. The van der Waals surface area contributed by atoms with Crippen LogP contribution in [0.3, 0.4) is 0 Å². The molecule has 2 heterocycles. The van der Waals surface area contributed by atoms with Gasteiger partial charge in [0.25, 0.3) is 5.56 Å². The molecule has 7 heteroatoms. The Morgan fingerprint density at radius 3 is 2.74 bits per heavy atom. The maximum absolute atomic E-state index is 12.3. The van der Waals surface area contributed by atoms with Gasteiger partial charge in [0.15, 0.2) is 0 Å². The molecule has 19 heavy (non-hydrogen) atoms. The molecule has 0 aromatic carbocycles. The molecule has 0 aliphatic carbocycles. The fourth-order valence-electron chi connectivity index (χ4n) is 1.89. The van der Waals surface area contributed by atoms with Crippen LogP contribution in [0.2, 0.25) is 5.15 Å². The minimum atomic E-state index is -0.516. The van der Waals surface area contributed by atoms with Gasteiger partial charge in [-0.05, 0) is 6.42 Å². The molecule has 0 aliphatic rings. The molecule has 2 rings (SSSR count). The van der Waals surface area contributed by atoms with Crippen LogP contribution in [0.1, 0.15) is 24.7 Å². The van der Waals surface area contributed by atoms with Crippen molar-refractivity contribution in [1.29, 1.82) is 0 Å². The summed E-state index contributed by atoms with van der Waals surface area (Å²) in [5.41, 5.74) is -0.422. The predicted octanol–water partition coefficient (Wildman–Crippen LogP) is 0.924. The number of aromatic nitrogens is 4. The highest BCUT2D eigenvalue weighted by Crippen LogP contribution is 2.08. The van der Waals surface area contributed by atoms with Crippen LogP contribution in [0.4, 0.5) is 0 Å². The van der Waals surface area contributed by atoms with Gasteiger partial charge in [0, 0.05) is 19.4 Å². The van der Waals surface area contributed by atoms with Crippen molar-refractivity contribution in [3.8, 4) is 0 Å². The number of aromatic amines is 1. The van der Waals surface area contributed by atoms with Gasteiger partial charge in [-0.15, -0.1) is 0 Å². The first-order valence-corrected chi connectivity index (χ1v) is 6.40. The van der Waals surface area contributed by atoms with Crippen molar-refractivity contribution in [2.45, 2.75) is 26.3 Å². The lowest BCUT2D eigenvalue weighted by Crippen LogP contribution is -2.38. The molecule has 0 amide bonds. The molecule has 0 saturated carbocycles. The SMILES string of the molecule is CCCc1c(Cl)[nH]c(=O)n(Cc2nccn2C)c1=O. The van der Waals surface area contributed by atoms with E-state index in [0.29, 0.717) is 17.8 Å². The van der Waals surface area contributed by atoms with E-state index in [2.05, 4.69) is 9.97 Å². The Bertz CT molecular complexity index is 698. The van der Waals surface area contributed by atoms with Crippen molar-refractivity contribution in [3.63, 3.8) is 0 Å². The van der Waals surface area contributed by atoms with Crippen LogP contribution in [0, 0.1) is 0 Å². The second-order valence-electron chi connectivity index (χ2n) is 4.32. The van der Waals surface area contributed by atoms with E-state index in [-0.39, 0.29) is 17.3 Å². The molecule has 0 unspecified atom stereocenters. The molecule has 0 radical (unpaired) electrons. The normalized spacial score (nSPS) is 10.9. The zero-order valence-electron chi connectivity index (χ0n) is 10.8. The van der Waals surface area contributed by atoms with Crippen molar-refractivity contribution in [2.24, 2.45) is 7.05 Å². The highest BCUT2D eigenvalue weighted by atomic mass is 35.5. The molecule has 0 spiro atoms. The Hall–Kier alpha value is -1.82. The van der Waals surface area contributed by atoms with Crippen molar-refractivity contribution in [3.05, 3.63) is 49.8 Å². The summed E-state index contributed by atoms with van der Waals surface area (Å²) < 4.78 is 2.89. The lowest BCUT2D eigenvalue weighted by molar-refractivity contribution is 0.632. The zero-order valence-corrected chi connectivity index (χ0v) is 11.6. The molecule has 0 bridgehead atoms. The summed E-state index contributed by atoms with van der Waals surface area (Å²) in [6, 6.07) is 0. The molecule has 102 valence electrons. The second-order valence-corrected chi connectivity index (χ2v) is 4.70. The summed E-state index contributed by atoms with van der Waals surface area (Å²) in [5, 5.41) is 0.132. The number of halogens is 1. The topological polar surface area (TPSA) is 72.7 Å². The van der Waals surface area contributed by atoms with Gasteiger partial charge in [0.05, 0.1) is 12.1 Å². The Labute approximate surface area is 114 Å². The van der Waals surface area contributed by atoms with Crippen molar-refractivity contribution >= 4 is 11.6 Å². The summed E-state index contributed by atoms with van der Waals surface area (Å²) in [6.45, 7) is 2.08. The van der Waals surface area contributed by atoms with Gasteiger partial charge in [-0.1, -0.05) is 24.9 Å². The van der Waals surface area contributed by atoms with Crippen LogP contribution in [0.15, 0.2) is 22.0 Å². The van der Waals surface area contributed by atoms with E-state index >= 15 is 0 Å². The molecule has 0 fully saturated rings. The molecule has 2 aromatic heterocycles. The highest BCUT2D eigenvalue weighted by Gasteiger charge is 2.13. The third kappa shape index (κ3) is 2.63. The maximum atomic E-state index is 12.3. The van der Waals surface area contributed by atoms with E-state index in [1.54, 1.807) is 17.0 Å². The van der Waals surface area contributed by atoms with Crippen molar-refractivity contribution < 1.29 is 0 Å². The summed E-state index contributed by atoms with van der Waals surface area (Å²) in [6.07, 6.45) is 4.70. The average Bonchev–Trinajstić information content (AvgIpc) is 2.76. The smallest absolute Gasteiger partial charge is 0.329 e. The van der Waals surface area contributed by atoms with E-state index in [9.17, 15) is 9.59 Å². The third-order valence-corrected chi connectivity index (χ3v) is 3.27. The van der Waals surface area contributed by atoms with Crippen LogP contribution >= 0.6 is 11.6 Å². The number of rotatable bonds is 4. The van der Waals surface area contributed by atoms with Gasteiger partial charge in [-0.3, -0.25) is 14.3 Å². The monoisotopic (exact) mass is 282 g/mol. The lowest BCUT2D eigenvalue weighted by atomic mass is 10.2. The molecule has 0 atom stereocenters. The number of nitrogens with one attached hydrogen (secondary N) is 1. The lowest BCUT2D eigenvalue weighted by Gasteiger charge is -2.08. The van der Waals surface area contributed by atoms with E-state index in [0.717, 1.165) is 11.0 Å². The average molecular weight is 283 g/mol. The van der Waals surface area contributed by atoms with E-state index in [1.807, 2.05) is 14.0 Å². The number of H-pyrrole nitrogens is 1. The standard InChI is InChI=1S/C12H15ClN4O2/c1-3-4-8-10(13)15-12(19)17(11(8)18)7-9-14-5-6-16(9)2/h5-6H,3-4,7H2,1-2H3,(H,15,19). The van der Waals surface area contributed by atoms with E-state index in [1.165, 1.54) is 0 Å². The minimum Gasteiger partial charge on any atom is -0.337 e. The number of imidazole rings is 1. The van der Waals surface area contributed by atoms with E-state index < -0.39 is 5.69 Å². The second kappa shape index (κ2) is 5.44. The van der Waals surface area contributed by atoms with Gasteiger partial charge in [0.1, 0.15) is 11.0 Å². The summed E-state index contributed by atoms with van der Waals surface area (Å²) in [7, 11) is 1.81. The molecule has 2 aromatic rings. The number of hydrogen-bond acceptors (Lipinski definition) is 3. The van der Waals surface area contributed by atoms with Gasteiger partial charge in [-0.2, -0.15) is 0 Å². The van der Waals surface area contributed by atoms with Gasteiger partial charge in [0.2, 0.25) is 0 Å². The minimum absolute atomic E-state index is 0.131. The van der Waals surface area contributed by atoms with E-state index in [4.69, 9.17) is 11.6 Å². The summed E-state index contributed by atoms with van der Waals surface area (Å²) in [5.74, 6) is 0.636. The van der Waals surface area contributed by atoms with Crippen LogP contribution in [0.5, 0.6) is 0 Å². The fourth-order valence-corrected chi connectivity index (χ4v) is 2.14. The van der Waals surface area contributed by atoms with Crippen LogP contribution < -0.4 is 11.2 Å². The molecule has 1 N–H and O–H groups in total. The molecular weight excluding hydrogens is 268 g/mol. The predicted molar refractivity (Wildman–Crippen MR) is 72.6 cm³/mol. The van der Waals surface area contributed by atoms with Gasteiger partial charge >= 0.3 is 5.69 Å². The number of aryl methyl sites for hydroxylation is 1. The molecule has 0 saturated heterocycles. The van der Waals surface area contributed by atoms with Crippen LogP contribution in [-0.4, -0.2) is 19.1 Å². The third-order valence-electron chi connectivity index (χ3n) is 2.95. The molecule has 6 nitrogen and oxygen atoms in total. The quantitative estimate of drug-likeness (QED) is 0.848. The Balaban J connectivity index is 2.52. The van der Waals surface area contributed by atoms with Gasteiger partial charge < -0.3 is 4.57 Å². The maximum Gasteiger partial charge on any atom is 0.329 e.